The van der Waals surface area contributed by atoms with Gasteiger partial charge in [0.25, 0.3) is 0 Å². The minimum absolute atomic E-state index is 0.188. The van der Waals surface area contributed by atoms with Crippen molar-refractivity contribution in [2.45, 2.75) is 6.61 Å². The van der Waals surface area contributed by atoms with Gasteiger partial charge in [-0.25, -0.2) is 8.78 Å². The van der Waals surface area contributed by atoms with E-state index in [0.29, 0.717) is 12.0 Å². The Balaban J connectivity index is 2.24. The first-order chi connectivity index (χ1) is 9.65. The lowest BCUT2D eigenvalue weighted by molar-refractivity contribution is 0.111. The molecular weight excluding hydrogens is 266 g/mol. The zero-order chi connectivity index (χ0) is 14.5. The number of methoxy groups -OCH3 is 1. The van der Waals surface area contributed by atoms with Gasteiger partial charge in [-0.1, -0.05) is 6.07 Å². The zero-order valence-corrected chi connectivity index (χ0v) is 10.7. The zero-order valence-electron chi connectivity index (χ0n) is 10.7. The minimum atomic E-state index is -0.694. The van der Waals surface area contributed by atoms with Gasteiger partial charge >= 0.3 is 0 Å². The summed E-state index contributed by atoms with van der Waals surface area (Å²) in [5.41, 5.74) is 0.0923. The molecule has 0 saturated heterocycles. The van der Waals surface area contributed by atoms with Crippen molar-refractivity contribution in [2.75, 3.05) is 7.11 Å². The highest BCUT2D eigenvalue weighted by atomic mass is 19.1. The van der Waals surface area contributed by atoms with Crippen LogP contribution < -0.4 is 9.47 Å². The fourth-order valence-corrected chi connectivity index (χ4v) is 1.68. The maximum Gasteiger partial charge on any atom is 0.153 e. The number of rotatable bonds is 5. The fraction of sp³-hybridized carbons (Fsp3) is 0.133. The van der Waals surface area contributed by atoms with Crippen molar-refractivity contribution in [3.05, 3.63) is 59.2 Å². The number of benzene rings is 2. The molecule has 0 heterocycles. The minimum Gasteiger partial charge on any atom is -0.497 e. The lowest BCUT2D eigenvalue weighted by Gasteiger charge is -2.11. The third kappa shape index (κ3) is 2.93. The maximum atomic E-state index is 13.5. The summed E-state index contributed by atoms with van der Waals surface area (Å²) in [5, 5.41) is 0. The van der Waals surface area contributed by atoms with Crippen molar-refractivity contribution in [3.63, 3.8) is 0 Å². The van der Waals surface area contributed by atoms with Crippen LogP contribution in [0.5, 0.6) is 11.5 Å². The number of hydrogen-bond donors (Lipinski definition) is 0. The number of hydrogen-bond acceptors (Lipinski definition) is 3. The summed E-state index contributed by atoms with van der Waals surface area (Å²) >= 11 is 0. The Kier molecular flexibility index (Phi) is 4.30. The molecule has 0 aliphatic heterocycles. The molecule has 0 N–H and O–H groups in total. The molecule has 2 aromatic rings. The van der Waals surface area contributed by atoms with E-state index >= 15 is 0 Å². The van der Waals surface area contributed by atoms with Crippen LogP contribution in [0.2, 0.25) is 0 Å². The van der Waals surface area contributed by atoms with Crippen molar-refractivity contribution < 1.29 is 23.0 Å². The van der Waals surface area contributed by atoms with Gasteiger partial charge in [0.1, 0.15) is 29.7 Å². The van der Waals surface area contributed by atoms with Crippen LogP contribution in [0.3, 0.4) is 0 Å². The van der Waals surface area contributed by atoms with Crippen molar-refractivity contribution in [2.24, 2.45) is 0 Å². The molecular formula is C15H12F2O3. The molecule has 0 radical (unpaired) electrons. The van der Waals surface area contributed by atoms with Crippen LogP contribution in [0.4, 0.5) is 8.78 Å². The predicted molar refractivity (Wildman–Crippen MR) is 69.1 cm³/mol. The molecule has 104 valence electrons. The van der Waals surface area contributed by atoms with Gasteiger partial charge in [0, 0.05) is 6.07 Å². The quantitative estimate of drug-likeness (QED) is 0.787. The number of halogens is 2. The molecule has 0 saturated carbocycles. The summed E-state index contributed by atoms with van der Waals surface area (Å²) in [7, 11) is 1.47. The van der Waals surface area contributed by atoms with Crippen LogP contribution in [-0.2, 0) is 6.61 Å². The lowest BCUT2D eigenvalue weighted by Crippen LogP contribution is -2.03. The molecule has 0 atom stereocenters. The highest BCUT2D eigenvalue weighted by molar-refractivity contribution is 5.79. The summed E-state index contributed by atoms with van der Waals surface area (Å²) in [6.45, 7) is -0.313. The first-order valence-electron chi connectivity index (χ1n) is 5.84. The van der Waals surface area contributed by atoms with Crippen molar-refractivity contribution in [1.82, 2.24) is 0 Å². The Morgan fingerprint density at radius 3 is 2.45 bits per heavy atom. The van der Waals surface area contributed by atoms with Crippen LogP contribution in [-0.4, -0.2) is 13.4 Å². The fourth-order valence-electron chi connectivity index (χ4n) is 1.68. The highest BCUT2D eigenvalue weighted by Crippen LogP contribution is 2.25. The Morgan fingerprint density at radius 1 is 1.15 bits per heavy atom. The monoisotopic (exact) mass is 278 g/mol. The number of carbonyl (C=O) groups is 1. The van der Waals surface area contributed by atoms with E-state index in [9.17, 15) is 13.6 Å². The summed E-state index contributed by atoms with van der Waals surface area (Å²) < 4.78 is 37.3. The van der Waals surface area contributed by atoms with Gasteiger partial charge in [-0.15, -0.1) is 0 Å². The topological polar surface area (TPSA) is 35.5 Å². The highest BCUT2D eigenvalue weighted by Gasteiger charge is 2.11. The molecule has 0 aromatic heterocycles. The molecule has 0 aliphatic carbocycles. The SMILES string of the molecule is COc1ccc(C=O)c(OCc2c(F)cccc2F)c1. The summed E-state index contributed by atoms with van der Waals surface area (Å²) in [4.78, 5) is 10.9. The van der Waals surface area contributed by atoms with Crippen LogP contribution in [0.25, 0.3) is 0 Å². The molecule has 0 unspecified atom stereocenters. The predicted octanol–water partition coefficient (Wildman–Crippen LogP) is 3.36. The Labute approximate surface area is 114 Å². The molecule has 0 aliphatic rings. The Hall–Kier alpha value is -2.43. The second-order valence-electron chi connectivity index (χ2n) is 4.01. The molecule has 3 nitrogen and oxygen atoms in total. The number of carbonyl (C=O) groups excluding carboxylic acids is 1. The third-order valence-electron chi connectivity index (χ3n) is 2.78. The van der Waals surface area contributed by atoms with E-state index in [0.717, 1.165) is 12.1 Å². The molecule has 0 spiro atoms. The van der Waals surface area contributed by atoms with Gasteiger partial charge in [0.05, 0.1) is 18.2 Å². The van der Waals surface area contributed by atoms with E-state index in [1.54, 1.807) is 6.07 Å². The molecule has 5 heteroatoms. The standard InChI is InChI=1S/C15H12F2O3/c1-19-11-6-5-10(8-18)15(7-11)20-9-12-13(16)3-2-4-14(12)17/h2-8H,9H2,1H3. The van der Waals surface area contributed by atoms with Gasteiger partial charge in [0.15, 0.2) is 6.29 Å². The van der Waals surface area contributed by atoms with Gasteiger partial charge < -0.3 is 9.47 Å². The second-order valence-corrected chi connectivity index (χ2v) is 4.01. The van der Waals surface area contributed by atoms with E-state index in [-0.39, 0.29) is 23.5 Å². The molecule has 20 heavy (non-hydrogen) atoms. The Bertz CT molecular complexity index is 606. The van der Waals surface area contributed by atoms with Crippen molar-refractivity contribution in [3.8, 4) is 11.5 Å². The largest absolute Gasteiger partial charge is 0.497 e. The van der Waals surface area contributed by atoms with E-state index < -0.39 is 11.6 Å². The third-order valence-corrected chi connectivity index (χ3v) is 2.78. The van der Waals surface area contributed by atoms with Crippen LogP contribution in [0, 0.1) is 11.6 Å². The number of ether oxygens (including phenoxy) is 2. The first kappa shape index (κ1) is 14.0. The Morgan fingerprint density at radius 2 is 1.85 bits per heavy atom. The molecule has 0 fully saturated rings. The molecule has 0 bridgehead atoms. The molecule has 2 aromatic carbocycles. The van der Waals surface area contributed by atoms with Gasteiger partial charge in [-0.2, -0.15) is 0 Å². The van der Waals surface area contributed by atoms with E-state index in [2.05, 4.69) is 0 Å². The summed E-state index contributed by atoms with van der Waals surface area (Å²) in [6.07, 6.45) is 0.604. The van der Waals surface area contributed by atoms with Gasteiger partial charge in [-0.05, 0) is 24.3 Å². The molecule has 0 amide bonds. The average Bonchev–Trinajstić information content (AvgIpc) is 2.46. The lowest BCUT2D eigenvalue weighted by atomic mass is 10.2. The average molecular weight is 278 g/mol. The van der Waals surface area contributed by atoms with E-state index in [1.165, 1.54) is 25.3 Å². The maximum absolute atomic E-state index is 13.5. The van der Waals surface area contributed by atoms with Crippen LogP contribution in [0.1, 0.15) is 15.9 Å². The summed E-state index contributed by atoms with van der Waals surface area (Å²) in [6, 6.07) is 8.17. The number of aldehydes is 1. The van der Waals surface area contributed by atoms with E-state index in [4.69, 9.17) is 9.47 Å². The van der Waals surface area contributed by atoms with Gasteiger partial charge in [0.2, 0.25) is 0 Å². The van der Waals surface area contributed by atoms with E-state index in [1.807, 2.05) is 0 Å². The normalized spacial score (nSPS) is 10.2. The van der Waals surface area contributed by atoms with Crippen molar-refractivity contribution in [1.29, 1.82) is 0 Å². The second kappa shape index (κ2) is 6.14. The van der Waals surface area contributed by atoms with Crippen LogP contribution >= 0.6 is 0 Å². The first-order valence-corrected chi connectivity index (χ1v) is 5.84. The van der Waals surface area contributed by atoms with Crippen LogP contribution in [0.15, 0.2) is 36.4 Å². The van der Waals surface area contributed by atoms with Crippen molar-refractivity contribution >= 4 is 6.29 Å². The smallest absolute Gasteiger partial charge is 0.153 e. The van der Waals surface area contributed by atoms with Gasteiger partial charge in [-0.3, -0.25) is 4.79 Å². The molecule has 2 rings (SSSR count). The summed E-state index contributed by atoms with van der Waals surface area (Å²) in [5.74, 6) is -0.692.